The molecule has 1 aromatic heterocycles. The highest BCUT2D eigenvalue weighted by Crippen LogP contribution is 2.23. The van der Waals surface area contributed by atoms with Crippen molar-refractivity contribution in [3.8, 4) is 6.07 Å². The minimum Gasteiger partial charge on any atom is -0.347 e. The average Bonchev–Trinajstić information content (AvgIpc) is 2.53. The molecule has 0 bridgehead atoms. The van der Waals surface area contributed by atoms with E-state index in [1.807, 2.05) is 27.2 Å². The highest BCUT2D eigenvalue weighted by atomic mass is 15.4. The molecule has 0 spiro atoms. The van der Waals surface area contributed by atoms with E-state index in [0.29, 0.717) is 17.5 Å². The Morgan fingerprint density at radius 1 is 1.14 bits per heavy atom. The second kappa shape index (κ2) is 6.02. The lowest BCUT2D eigenvalue weighted by atomic mass is 10.2. The first-order valence-corrected chi connectivity index (χ1v) is 6.19. The Hall–Kier alpha value is -2.92. The van der Waals surface area contributed by atoms with E-state index in [1.165, 1.54) is 0 Å². The van der Waals surface area contributed by atoms with Gasteiger partial charge < -0.3 is 9.80 Å². The van der Waals surface area contributed by atoms with E-state index in [1.54, 1.807) is 28.0 Å². The summed E-state index contributed by atoms with van der Waals surface area (Å²) in [6, 6.07) is 9.28. The van der Waals surface area contributed by atoms with Gasteiger partial charge in [0.2, 0.25) is 17.8 Å². The van der Waals surface area contributed by atoms with Gasteiger partial charge in [-0.2, -0.15) is 20.2 Å². The number of nitrogen functional groups attached to an aromatic ring is 1. The van der Waals surface area contributed by atoms with E-state index in [2.05, 4.69) is 26.4 Å². The minimum atomic E-state index is 0.270. The number of hydrazine groups is 1. The first-order valence-electron chi connectivity index (χ1n) is 6.19. The number of benzene rings is 1. The molecule has 0 saturated carbocycles. The van der Waals surface area contributed by atoms with Gasteiger partial charge in [0.05, 0.1) is 11.6 Å². The Balaban J connectivity index is 2.44. The van der Waals surface area contributed by atoms with Crippen molar-refractivity contribution in [1.82, 2.24) is 15.0 Å². The molecular formula is C13H16N8. The third-order valence-corrected chi connectivity index (χ3v) is 2.80. The van der Waals surface area contributed by atoms with Crippen molar-refractivity contribution in [1.29, 1.82) is 5.26 Å². The highest BCUT2D eigenvalue weighted by Gasteiger charge is 2.13. The van der Waals surface area contributed by atoms with Crippen molar-refractivity contribution in [2.24, 2.45) is 5.84 Å². The number of rotatable bonds is 4. The second-order valence-corrected chi connectivity index (χ2v) is 4.52. The number of hydrogen-bond donors (Lipinski definition) is 2. The molecule has 8 heteroatoms. The third kappa shape index (κ3) is 3.16. The standard InChI is InChI=1S/C13H16N8/c1-20(2)12-16-11(19-15)17-13(18-12)21(3)10-6-4-5-9(7-10)8-14/h4-7H,15H2,1-3H3,(H,16,17,18,19). The predicted octanol–water partition coefficient (Wildman–Crippen LogP) is 0.863. The van der Waals surface area contributed by atoms with Crippen LogP contribution in [0.5, 0.6) is 0 Å². The third-order valence-electron chi connectivity index (χ3n) is 2.80. The van der Waals surface area contributed by atoms with Crippen molar-refractivity contribution in [3.63, 3.8) is 0 Å². The zero-order chi connectivity index (χ0) is 15.4. The van der Waals surface area contributed by atoms with Crippen molar-refractivity contribution in [2.75, 3.05) is 36.4 Å². The summed E-state index contributed by atoms with van der Waals surface area (Å²) < 4.78 is 0. The Bertz CT molecular complexity index is 676. The van der Waals surface area contributed by atoms with Gasteiger partial charge in [-0.3, -0.25) is 5.43 Å². The van der Waals surface area contributed by atoms with Crippen LogP contribution in [0.4, 0.5) is 23.5 Å². The minimum absolute atomic E-state index is 0.270. The number of nitrogens with two attached hydrogens (primary N) is 1. The summed E-state index contributed by atoms with van der Waals surface area (Å²) in [4.78, 5) is 16.3. The first-order chi connectivity index (χ1) is 10.0. The molecule has 0 aliphatic carbocycles. The molecule has 0 aliphatic heterocycles. The van der Waals surface area contributed by atoms with E-state index >= 15 is 0 Å². The maximum atomic E-state index is 8.97. The Kier molecular flexibility index (Phi) is 4.15. The molecule has 0 unspecified atom stereocenters. The molecule has 2 rings (SSSR count). The molecule has 2 aromatic rings. The van der Waals surface area contributed by atoms with Gasteiger partial charge in [-0.15, -0.1) is 0 Å². The van der Waals surface area contributed by atoms with Gasteiger partial charge in [-0.1, -0.05) is 6.07 Å². The largest absolute Gasteiger partial charge is 0.347 e. The summed E-state index contributed by atoms with van der Waals surface area (Å²) in [6.45, 7) is 0. The van der Waals surface area contributed by atoms with Crippen molar-refractivity contribution in [3.05, 3.63) is 29.8 Å². The number of nitriles is 1. The molecule has 0 saturated heterocycles. The predicted molar refractivity (Wildman–Crippen MR) is 81.2 cm³/mol. The quantitative estimate of drug-likeness (QED) is 0.629. The maximum absolute atomic E-state index is 8.97. The molecule has 0 atom stereocenters. The zero-order valence-corrected chi connectivity index (χ0v) is 12.1. The maximum Gasteiger partial charge on any atom is 0.243 e. The lowest BCUT2D eigenvalue weighted by Gasteiger charge is -2.19. The fraction of sp³-hybridized carbons (Fsp3) is 0.231. The average molecular weight is 284 g/mol. The summed E-state index contributed by atoms with van der Waals surface area (Å²) in [7, 11) is 5.47. The number of hydrogen-bond acceptors (Lipinski definition) is 8. The van der Waals surface area contributed by atoms with Gasteiger partial charge in [-0.25, -0.2) is 5.84 Å². The number of aromatic nitrogens is 3. The molecule has 0 fully saturated rings. The lowest BCUT2D eigenvalue weighted by Crippen LogP contribution is -2.21. The number of nitrogens with zero attached hydrogens (tertiary/aromatic N) is 6. The molecule has 0 aliphatic rings. The van der Waals surface area contributed by atoms with Gasteiger partial charge in [0.15, 0.2) is 0 Å². The summed E-state index contributed by atoms with van der Waals surface area (Å²) >= 11 is 0. The fourth-order valence-electron chi connectivity index (χ4n) is 1.67. The van der Waals surface area contributed by atoms with Crippen LogP contribution in [0, 0.1) is 11.3 Å². The fourth-order valence-corrected chi connectivity index (χ4v) is 1.67. The van der Waals surface area contributed by atoms with Gasteiger partial charge in [-0.05, 0) is 18.2 Å². The Morgan fingerprint density at radius 2 is 1.86 bits per heavy atom. The van der Waals surface area contributed by atoms with Crippen molar-refractivity contribution >= 4 is 23.5 Å². The van der Waals surface area contributed by atoms with E-state index in [0.717, 1.165) is 5.69 Å². The van der Waals surface area contributed by atoms with Gasteiger partial charge >= 0.3 is 0 Å². The van der Waals surface area contributed by atoms with Crippen molar-refractivity contribution < 1.29 is 0 Å². The van der Waals surface area contributed by atoms with Crippen LogP contribution in [0.3, 0.4) is 0 Å². The molecule has 1 aromatic carbocycles. The molecule has 8 nitrogen and oxygen atoms in total. The van der Waals surface area contributed by atoms with Gasteiger partial charge in [0.1, 0.15) is 0 Å². The molecule has 108 valence electrons. The number of anilines is 4. The normalized spacial score (nSPS) is 9.86. The van der Waals surface area contributed by atoms with E-state index in [9.17, 15) is 0 Å². The molecule has 0 radical (unpaired) electrons. The van der Waals surface area contributed by atoms with Crippen LogP contribution in [-0.2, 0) is 0 Å². The Morgan fingerprint density at radius 3 is 2.48 bits per heavy atom. The van der Waals surface area contributed by atoms with Crippen LogP contribution < -0.4 is 21.1 Å². The summed E-state index contributed by atoms with van der Waals surface area (Å²) in [5.74, 6) is 6.57. The second-order valence-electron chi connectivity index (χ2n) is 4.52. The lowest BCUT2D eigenvalue weighted by molar-refractivity contribution is 0.928. The van der Waals surface area contributed by atoms with Crippen LogP contribution in [0.2, 0.25) is 0 Å². The molecule has 21 heavy (non-hydrogen) atoms. The van der Waals surface area contributed by atoms with Crippen LogP contribution in [0.1, 0.15) is 5.56 Å². The Labute approximate surface area is 122 Å². The van der Waals surface area contributed by atoms with E-state index in [4.69, 9.17) is 11.1 Å². The smallest absolute Gasteiger partial charge is 0.243 e. The molecule has 0 amide bonds. The summed E-state index contributed by atoms with van der Waals surface area (Å²) in [5, 5.41) is 8.97. The van der Waals surface area contributed by atoms with Crippen LogP contribution in [0.25, 0.3) is 0 Å². The van der Waals surface area contributed by atoms with Crippen LogP contribution >= 0.6 is 0 Å². The van der Waals surface area contributed by atoms with Crippen LogP contribution in [-0.4, -0.2) is 36.1 Å². The van der Waals surface area contributed by atoms with Crippen molar-refractivity contribution in [2.45, 2.75) is 0 Å². The topological polar surface area (TPSA) is 107 Å². The van der Waals surface area contributed by atoms with E-state index in [-0.39, 0.29) is 5.95 Å². The summed E-state index contributed by atoms with van der Waals surface area (Å²) in [6.07, 6.45) is 0. The highest BCUT2D eigenvalue weighted by molar-refractivity contribution is 5.60. The monoisotopic (exact) mass is 284 g/mol. The molecule has 3 N–H and O–H groups in total. The van der Waals surface area contributed by atoms with Gasteiger partial charge in [0.25, 0.3) is 0 Å². The summed E-state index contributed by atoms with van der Waals surface area (Å²) in [5.41, 5.74) is 3.79. The number of nitrogens with one attached hydrogen (secondary N) is 1. The SMILES string of the molecule is CN(C)c1nc(NN)nc(N(C)c2cccc(C#N)c2)n1. The van der Waals surface area contributed by atoms with Gasteiger partial charge in [0, 0.05) is 26.8 Å². The van der Waals surface area contributed by atoms with Crippen LogP contribution in [0.15, 0.2) is 24.3 Å². The molecule has 1 heterocycles. The first kappa shape index (κ1) is 14.5. The zero-order valence-electron chi connectivity index (χ0n) is 12.1. The van der Waals surface area contributed by atoms with E-state index < -0.39 is 0 Å². The molecular weight excluding hydrogens is 268 g/mol.